The van der Waals surface area contributed by atoms with Gasteiger partial charge >= 0.3 is 0 Å². The summed E-state index contributed by atoms with van der Waals surface area (Å²) >= 11 is 6.07. The maximum Gasteiger partial charge on any atom is 0.271 e. The molecule has 2 N–H and O–H groups in total. The highest BCUT2D eigenvalue weighted by molar-refractivity contribution is 6.33. The van der Waals surface area contributed by atoms with E-state index in [1.54, 1.807) is 36.4 Å². The van der Waals surface area contributed by atoms with Crippen molar-refractivity contribution in [2.24, 2.45) is 0 Å². The lowest BCUT2D eigenvalue weighted by atomic mass is 10.1. The minimum Gasteiger partial charge on any atom is -0.478 e. The van der Waals surface area contributed by atoms with E-state index in [0.29, 0.717) is 23.7 Å². The van der Waals surface area contributed by atoms with Crippen LogP contribution < -0.4 is 15.4 Å². The summed E-state index contributed by atoms with van der Waals surface area (Å²) in [7, 11) is 0. The lowest BCUT2D eigenvalue weighted by Gasteiger charge is -2.10. The van der Waals surface area contributed by atoms with Crippen LogP contribution in [0.15, 0.2) is 60.7 Å². The van der Waals surface area contributed by atoms with Gasteiger partial charge in [-0.15, -0.1) is 0 Å². The van der Waals surface area contributed by atoms with Gasteiger partial charge in [0.15, 0.2) is 5.69 Å². The molecule has 0 unspecified atom stereocenters. The zero-order chi connectivity index (χ0) is 21.5. The Kier molecular flexibility index (Phi) is 6.98. The molecule has 0 saturated heterocycles. The van der Waals surface area contributed by atoms with E-state index in [1.807, 2.05) is 6.92 Å². The zero-order valence-corrected chi connectivity index (χ0v) is 16.9. The summed E-state index contributed by atoms with van der Waals surface area (Å²) < 4.78 is 18.3. The fourth-order valence-electron chi connectivity index (χ4n) is 2.64. The fraction of sp³-hybridized carbons (Fsp3) is 0.136. The molecule has 0 aliphatic carbocycles. The summed E-state index contributed by atoms with van der Waals surface area (Å²) in [4.78, 5) is 28.8. The smallest absolute Gasteiger partial charge is 0.271 e. The molecule has 0 aliphatic heterocycles. The van der Waals surface area contributed by atoms with Gasteiger partial charge in [-0.05, 0) is 55.0 Å². The lowest BCUT2D eigenvalue weighted by Crippen LogP contribution is -2.24. The summed E-state index contributed by atoms with van der Waals surface area (Å²) in [5.41, 5.74) is 1.72. The third-order valence-corrected chi connectivity index (χ3v) is 4.38. The predicted molar refractivity (Wildman–Crippen MR) is 112 cm³/mol. The number of hydrogen-bond acceptors (Lipinski definition) is 4. The second-order valence-electron chi connectivity index (χ2n) is 6.26. The Morgan fingerprint density at radius 3 is 2.57 bits per heavy atom. The molecule has 0 spiro atoms. The van der Waals surface area contributed by atoms with Crippen molar-refractivity contribution < 1.29 is 18.7 Å². The molecule has 3 aromatic rings. The van der Waals surface area contributed by atoms with Crippen LogP contribution in [0, 0.1) is 5.82 Å². The predicted octanol–water partition coefficient (Wildman–Crippen LogP) is 4.46. The van der Waals surface area contributed by atoms with Crippen molar-refractivity contribution >= 4 is 29.1 Å². The summed E-state index contributed by atoms with van der Waals surface area (Å²) in [6.45, 7) is 2.44. The van der Waals surface area contributed by atoms with Crippen LogP contribution in [0.3, 0.4) is 0 Å². The van der Waals surface area contributed by atoms with E-state index < -0.39 is 11.7 Å². The van der Waals surface area contributed by atoms with Gasteiger partial charge in [-0.2, -0.15) is 0 Å². The Bertz CT molecular complexity index is 1060. The van der Waals surface area contributed by atoms with E-state index in [9.17, 15) is 14.0 Å². The number of nitrogens with one attached hydrogen (secondary N) is 2. The summed E-state index contributed by atoms with van der Waals surface area (Å²) in [5.74, 6) is -0.898. The van der Waals surface area contributed by atoms with Crippen molar-refractivity contribution in [2.45, 2.75) is 13.5 Å². The van der Waals surface area contributed by atoms with Crippen LogP contribution in [0.4, 0.5) is 10.1 Å². The average molecular weight is 428 g/mol. The molecule has 30 heavy (non-hydrogen) atoms. The monoisotopic (exact) mass is 427 g/mol. The number of halogens is 2. The highest BCUT2D eigenvalue weighted by Crippen LogP contribution is 2.18. The summed E-state index contributed by atoms with van der Waals surface area (Å²) in [6.07, 6.45) is 0. The van der Waals surface area contributed by atoms with E-state index in [1.165, 1.54) is 24.3 Å². The summed E-state index contributed by atoms with van der Waals surface area (Å²) in [5, 5.41) is 5.71. The maximum atomic E-state index is 13.0. The second-order valence-corrected chi connectivity index (χ2v) is 6.66. The van der Waals surface area contributed by atoms with Gasteiger partial charge in [0.1, 0.15) is 5.82 Å². The van der Waals surface area contributed by atoms with Crippen molar-refractivity contribution in [2.75, 3.05) is 11.9 Å². The van der Waals surface area contributed by atoms with Crippen LogP contribution in [0.2, 0.25) is 5.02 Å². The van der Waals surface area contributed by atoms with E-state index >= 15 is 0 Å². The van der Waals surface area contributed by atoms with Crippen molar-refractivity contribution in [3.63, 3.8) is 0 Å². The van der Waals surface area contributed by atoms with Gasteiger partial charge in [-0.25, -0.2) is 9.37 Å². The first-order valence-corrected chi connectivity index (χ1v) is 9.57. The Morgan fingerprint density at radius 1 is 1.07 bits per heavy atom. The summed E-state index contributed by atoms with van der Waals surface area (Å²) in [6, 6.07) is 15.4. The van der Waals surface area contributed by atoms with Gasteiger partial charge in [0, 0.05) is 23.9 Å². The van der Waals surface area contributed by atoms with Gasteiger partial charge in [-0.3, -0.25) is 9.59 Å². The standard InChI is InChI=1S/C22H19ClFN3O3/c1-2-30-19-11-10-18(23)20(27-19)22(29)25-13-14-4-3-5-17(12-14)26-21(28)15-6-8-16(24)9-7-15/h3-12H,2,13H2,1H3,(H,25,29)(H,26,28). The number of nitrogens with zero attached hydrogens (tertiary/aromatic N) is 1. The number of carbonyl (C=O) groups is 2. The molecule has 2 aromatic carbocycles. The number of carbonyl (C=O) groups excluding carboxylic acids is 2. The van der Waals surface area contributed by atoms with Crippen LogP contribution in [-0.2, 0) is 6.54 Å². The Labute approximate surface area is 178 Å². The highest BCUT2D eigenvalue weighted by atomic mass is 35.5. The molecule has 0 aliphatic rings. The minimum atomic E-state index is -0.442. The van der Waals surface area contributed by atoms with Gasteiger partial charge in [0.2, 0.25) is 5.88 Å². The van der Waals surface area contributed by atoms with Gasteiger partial charge in [0.05, 0.1) is 11.6 Å². The minimum absolute atomic E-state index is 0.0726. The first-order chi connectivity index (χ1) is 14.5. The average Bonchev–Trinajstić information content (AvgIpc) is 2.74. The molecule has 0 fully saturated rings. The van der Waals surface area contributed by atoms with Crippen LogP contribution in [0.1, 0.15) is 33.3 Å². The molecule has 1 aromatic heterocycles. The largest absolute Gasteiger partial charge is 0.478 e. The third-order valence-electron chi connectivity index (χ3n) is 4.07. The quantitative estimate of drug-likeness (QED) is 0.583. The number of amides is 2. The first-order valence-electron chi connectivity index (χ1n) is 9.19. The van der Waals surface area contributed by atoms with E-state index in [-0.39, 0.29) is 23.2 Å². The molecule has 3 rings (SSSR count). The molecule has 0 atom stereocenters. The molecule has 2 amide bonds. The van der Waals surface area contributed by atoms with Crippen molar-refractivity contribution in [3.8, 4) is 5.88 Å². The van der Waals surface area contributed by atoms with E-state index in [2.05, 4.69) is 15.6 Å². The second kappa shape index (κ2) is 9.84. The molecule has 154 valence electrons. The fourth-order valence-corrected chi connectivity index (χ4v) is 2.83. The molecule has 0 bridgehead atoms. The SMILES string of the molecule is CCOc1ccc(Cl)c(C(=O)NCc2cccc(NC(=O)c3ccc(F)cc3)c2)n1. The number of hydrogen-bond donors (Lipinski definition) is 2. The van der Waals surface area contributed by atoms with Crippen LogP contribution >= 0.6 is 11.6 Å². The number of aromatic nitrogens is 1. The third kappa shape index (κ3) is 5.55. The number of pyridine rings is 1. The number of rotatable bonds is 7. The Morgan fingerprint density at radius 2 is 1.83 bits per heavy atom. The Balaban J connectivity index is 1.64. The van der Waals surface area contributed by atoms with Crippen molar-refractivity contribution in [3.05, 3.63) is 88.3 Å². The van der Waals surface area contributed by atoms with Gasteiger partial charge < -0.3 is 15.4 Å². The van der Waals surface area contributed by atoms with Gasteiger partial charge in [-0.1, -0.05) is 23.7 Å². The van der Waals surface area contributed by atoms with Crippen LogP contribution in [0.25, 0.3) is 0 Å². The Hall–Kier alpha value is -3.45. The zero-order valence-electron chi connectivity index (χ0n) is 16.1. The van der Waals surface area contributed by atoms with Crippen LogP contribution in [0.5, 0.6) is 5.88 Å². The van der Waals surface area contributed by atoms with Crippen molar-refractivity contribution in [1.82, 2.24) is 10.3 Å². The topological polar surface area (TPSA) is 80.3 Å². The number of anilines is 1. The number of ether oxygens (including phenoxy) is 1. The van der Waals surface area contributed by atoms with Gasteiger partial charge in [0.25, 0.3) is 11.8 Å². The molecular formula is C22H19ClFN3O3. The molecule has 0 saturated carbocycles. The number of benzene rings is 2. The van der Waals surface area contributed by atoms with E-state index in [0.717, 1.165) is 5.56 Å². The molecule has 8 heteroatoms. The molecule has 0 radical (unpaired) electrons. The maximum absolute atomic E-state index is 13.0. The van der Waals surface area contributed by atoms with Crippen LogP contribution in [-0.4, -0.2) is 23.4 Å². The lowest BCUT2D eigenvalue weighted by molar-refractivity contribution is 0.0944. The highest BCUT2D eigenvalue weighted by Gasteiger charge is 2.14. The van der Waals surface area contributed by atoms with Crippen molar-refractivity contribution in [1.29, 1.82) is 0 Å². The van der Waals surface area contributed by atoms with E-state index in [4.69, 9.17) is 16.3 Å². The first kappa shape index (κ1) is 21.3. The molecule has 1 heterocycles. The normalized spacial score (nSPS) is 10.4. The molecular weight excluding hydrogens is 409 g/mol. The molecule has 6 nitrogen and oxygen atoms in total.